The number of nitrogens with zero attached hydrogens (tertiary/aromatic N) is 1. The van der Waals surface area contributed by atoms with Gasteiger partial charge in [-0.25, -0.2) is 4.39 Å². The van der Waals surface area contributed by atoms with Crippen LogP contribution in [-0.4, -0.2) is 7.11 Å². The largest absolute Gasteiger partial charge is 0.494 e. The molecule has 0 saturated heterocycles. The Kier molecular flexibility index (Phi) is 2.49. The van der Waals surface area contributed by atoms with E-state index in [9.17, 15) is 4.39 Å². The summed E-state index contributed by atoms with van der Waals surface area (Å²) in [7, 11) is 1.38. The lowest BCUT2D eigenvalue weighted by molar-refractivity contribution is 0.386. The number of hydrogen-bond donors (Lipinski definition) is 1. The number of benzene rings is 1. The number of methoxy groups -OCH3 is 1. The number of halogens is 1. The molecule has 0 heterocycles. The highest BCUT2D eigenvalue weighted by Crippen LogP contribution is 2.19. The molecule has 1 aromatic rings. The maximum atomic E-state index is 12.9. The van der Waals surface area contributed by atoms with E-state index >= 15 is 0 Å². The van der Waals surface area contributed by atoms with E-state index in [1.54, 1.807) is 12.3 Å². The van der Waals surface area contributed by atoms with E-state index in [0.29, 0.717) is 5.69 Å². The van der Waals surface area contributed by atoms with Crippen LogP contribution in [0.4, 0.5) is 10.1 Å². The quantitative estimate of drug-likeness (QED) is 0.537. The standard InChI is InChI=1S/C8H7FN2O/c1-12-8-3-2-6(11-5-10)4-7(8)9/h2-4,11H,1H3. The van der Waals surface area contributed by atoms with Crippen LogP contribution in [0.15, 0.2) is 18.2 Å². The van der Waals surface area contributed by atoms with Gasteiger partial charge in [-0.05, 0) is 12.1 Å². The number of anilines is 1. The zero-order chi connectivity index (χ0) is 8.97. The predicted molar refractivity (Wildman–Crippen MR) is 42.2 cm³/mol. The third kappa shape index (κ3) is 1.64. The van der Waals surface area contributed by atoms with Crippen molar-refractivity contribution in [3.05, 3.63) is 24.0 Å². The van der Waals surface area contributed by atoms with Gasteiger partial charge in [0.15, 0.2) is 17.8 Å². The molecular formula is C8H7FN2O. The molecule has 0 unspecified atom stereocenters. The normalized spacial score (nSPS) is 8.75. The van der Waals surface area contributed by atoms with Crippen molar-refractivity contribution in [1.29, 1.82) is 5.26 Å². The Hall–Kier alpha value is -1.76. The van der Waals surface area contributed by atoms with E-state index in [1.165, 1.54) is 19.2 Å². The summed E-state index contributed by atoms with van der Waals surface area (Å²) in [5.74, 6) is -0.323. The van der Waals surface area contributed by atoms with Crippen LogP contribution >= 0.6 is 0 Å². The Balaban J connectivity index is 2.95. The number of nitrogens with one attached hydrogen (secondary N) is 1. The van der Waals surface area contributed by atoms with Crippen LogP contribution in [0.3, 0.4) is 0 Å². The summed E-state index contributed by atoms with van der Waals surface area (Å²) in [6.07, 6.45) is 1.69. The second-order valence-electron chi connectivity index (χ2n) is 2.09. The van der Waals surface area contributed by atoms with Crippen LogP contribution in [0.25, 0.3) is 0 Å². The van der Waals surface area contributed by atoms with Gasteiger partial charge in [0.05, 0.1) is 12.8 Å². The molecule has 0 amide bonds. The minimum Gasteiger partial charge on any atom is -0.494 e. The van der Waals surface area contributed by atoms with Gasteiger partial charge >= 0.3 is 0 Å². The van der Waals surface area contributed by atoms with Crippen LogP contribution in [0, 0.1) is 17.3 Å². The van der Waals surface area contributed by atoms with Gasteiger partial charge in [-0.15, -0.1) is 0 Å². The second kappa shape index (κ2) is 3.58. The first-order valence-electron chi connectivity index (χ1n) is 3.26. The van der Waals surface area contributed by atoms with E-state index in [4.69, 9.17) is 10.00 Å². The van der Waals surface area contributed by atoms with Crippen LogP contribution < -0.4 is 10.1 Å². The predicted octanol–water partition coefficient (Wildman–Crippen LogP) is 1.73. The summed E-state index contributed by atoms with van der Waals surface area (Å²) in [4.78, 5) is 0. The van der Waals surface area contributed by atoms with Crippen molar-refractivity contribution >= 4 is 5.69 Å². The molecule has 0 aliphatic rings. The molecule has 1 aromatic carbocycles. The highest BCUT2D eigenvalue weighted by atomic mass is 19.1. The first-order valence-corrected chi connectivity index (χ1v) is 3.26. The smallest absolute Gasteiger partial charge is 0.181 e. The van der Waals surface area contributed by atoms with Crippen molar-refractivity contribution in [3.8, 4) is 11.9 Å². The van der Waals surface area contributed by atoms with Crippen molar-refractivity contribution in [3.63, 3.8) is 0 Å². The molecule has 12 heavy (non-hydrogen) atoms. The van der Waals surface area contributed by atoms with E-state index in [2.05, 4.69) is 5.32 Å². The molecule has 62 valence electrons. The molecule has 0 aromatic heterocycles. The fourth-order valence-electron chi connectivity index (χ4n) is 0.809. The minimum absolute atomic E-state index is 0.165. The van der Waals surface area contributed by atoms with E-state index in [0.717, 1.165) is 0 Å². The van der Waals surface area contributed by atoms with Gasteiger partial charge in [0, 0.05) is 6.07 Å². The maximum Gasteiger partial charge on any atom is 0.181 e. The SMILES string of the molecule is COc1ccc(NC#N)cc1F. The van der Waals surface area contributed by atoms with Gasteiger partial charge in [-0.3, -0.25) is 5.32 Å². The molecule has 0 bridgehead atoms. The summed E-state index contributed by atoms with van der Waals surface area (Å²) in [5, 5.41) is 10.5. The maximum absolute atomic E-state index is 12.9. The Labute approximate surface area is 69.4 Å². The number of hydrogen-bond acceptors (Lipinski definition) is 3. The summed E-state index contributed by atoms with van der Waals surface area (Å²) < 4.78 is 17.6. The van der Waals surface area contributed by atoms with Crippen LogP contribution in [0.1, 0.15) is 0 Å². The molecule has 0 saturated carbocycles. The van der Waals surface area contributed by atoms with Crippen molar-refractivity contribution in [2.45, 2.75) is 0 Å². The molecule has 1 rings (SSSR count). The fraction of sp³-hybridized carbons (Fsp3) is 0.125. The van der Waals surface area contributed by atoms with Gasteiger partial charge in [0.2, 0.25) is 0 Å². The number of nitriles is 1. The molecule has 0 radical (unpaired) electrons. The highest BCUT2D eigenvalue weighted by molar-refractivity contribution is 5.49. The molecule has 4 heteroatoms. The average molecular weight is 166 g/mol. The highest BCUT2D eigenvalue weighted by Gasteiger charge is 2.01. The Morgan fingerprint density at radius 3 is 2.83 bits per heavy atom. The van der Waals surface area contributed by atoms with Gasteiger partial charge < -0.3 is 4.74 Å². The van der Waals surface area contributed by atoms with Gasteiger partial charge in [0.1, 0.15) is 0 Å². The first kappa shape index (κ1) is 8.34. The Morgan fingerprint density at radius 1 is 1.58 bits per heavy atom. The molecule has 0 atom stereocenters. The molecule has 3 nitrogen and oxygen atoms in total. The van der Waals surface area contributed by atoms with Crippen molar-refractivity contribution in [2.75, 3.05) is 12.4 Å². The van der Waals surface area contributed by atoms with Crippen LogP contribution in [-0.2, 0) is 0 Å². The lowest BCUT2D eigenvalue weighted by Gasteiger charge is -2.02. The lowest BCUT2D eigenvalue weighted by Crippen LogP contribution is -1.91. The summed E-state index contributed by atoms with van der Waals surface area (Å²) in [5.41, 5.74) is 0.413. The summed E-state index contributed by atoms with van der Waals surface area (Å²) in [6.45, 7) is 0. The first-order chi connectivity index (χ1) is 5.77. The Morgan fingerprint density at radius 2 is 2.33 bits per heavy atom. The summed E-state index contributed by atoms with van der Waals surface area (Å²) >= 11 is 0. The molecular weight excluding hydrogens is 159 g/mol. The lowest BCUT2D eigenvalue weighted by atomic mass is 10.3. The zero-order valence-corrected chi connectivity index (χ0v) is 6.47. The van der Waals surface area contributed by atoms with Crippen molar-refractivity contribution in [2.24, 2.45) is 0 Å². The average Bonchev–Trinajstić information content (AvgIpc) is 2.05. The minimum atomic E-state index is -0.488. The molecule has 0 aliphatic heterocycles. The third-order valence-corrected chi connectivity index (χ3v) is 1.35. The van der Waals surface area contributed by atoms with E-state index in [-0.39, 0.29) is 5.75 Å². The topological polar surface area (TPSA) is 45.0 Å². The zero-order valence-electron chi connectivity index (χ0n) is 6.47. The van der Waals surface area contributed by atoms with Crippen molar-refractivity contribution < 1.29 is 9.13 Å². The molecule has 0 aliphatic carbocycles. The monoisotopic (exact) mass is 166 g/mol. The van der Waals surface area contributed by atoms with Gasteiger partial charge in [-0.1, -0.05) is 0 Å². The van der Waals surface area contributed by atoms with E-state index < -0.39 is 5.82 Å². The van der Waals surface area contributed by atoms with Crippen LogP contribution in [0.2, 0.25) is 0 Å². The van der Waals surface area contributed by atoms with Gasteiger partial charge in [0.25, 0.3) is 0 Å². The van der Waals surface area contributed by atoms with E-state index in [1.807, 2.05) is 0 Å². The van der Waals surface area contributed by atoms with Crippen molar-refractivity contribution in [1.82, 2.24) is 0 Å². The third-order valence-electron chi connectivity index (χ3n) is 1.35. The molecule has 1 N–H and O–H groups in total. The number of ether oxygens (including phenoxy) is 1. The summed E-state index contributed by atoms with van der Waals surface area (Å²) in [6, 6.07) is 4.21. The number of rotatable bonds is 2. The second-order valence-corrected chi connectivity index (χ2v) is 2.09. The Bertz CT molecular complexity index is 319. The molecule has 0 fully saturated rings. The fourth-order valence-corrected chi connectivity index (χ4v) is 0.809. The van der Waals surface area contributed by atoms with Crippen LogP contribution in [0.5, 0.6) is 5.75 Å². The van der Waals surface area contributed by atoms with Gasteiger partial charge in [-0.2, -0.15) is 5.26 Å². The molecule has 0 spiro atoms.